The number of nitrogens with two attached hydrogens (primary N) is 1. The first-order chi connectivity index (χ1) is 4.09. The number of halogens is 2. The third kappa shape index (κ3) is 3.17. The summed E-state index contributed by atoms with van der Waals surface area (Å²) in [6.45, 7) is 0. The van der Waals surface area contributed by atoms with Crippen molar-refractivity contribution in [2.45, 2.75) is 10.9 Å². The maximum absolute atomic E-state index is 10.3. The van der Waals surface area contributed by atoms with E-state index in [0.29, 0.717) is 5.33 Å². The van der Waals surface area contributed by atoms with E-state index in [4.69, 9.17) is 10.8 Å². The Kier molecular flexibility index (Phi) is 4.43. The number of primary amides is 1. The van der Waals surface area contributed by atoms with Crippen molar-refractivity contribution in [2.24, 2.45) is 5.73 Å². The van der Waals surface area contributed by atoms with Crippen molar-refractivity contribution in [3.8, 4) is 0 Å². The van der Waals surface area contributed by atoms with Gasteiger partial charge in [0.15, 0.2) is 0 Å². The van der Waals surface area contributed by atoms with Gasteiger partial charge in [0, 0.05) is 5.33 Å². The molecular formula is C4H7Br2NO2. The average molecular weight is 261 g/mol. The molecule has 0 aliphatic carbocycles. The van der Waals surface area contributed by atoms with E-state index in [1.54, 1.807) is 0 Å². The first-order valence-electron chi connectivity index (χ1n) is 2.27. The molecule has 0 rings (SSSR count). The predicted molar refractivity (Wildman–Crippen MR) is 41.7 cm³/mol. The summed E-state index contributed by atoms with van der Waals surface area (Å²) in [7, 11) is 0. The van der Waals surface area contributed by atoms with Gasteiger partial charge in [0.1, 0.15) is 4.83 Å². The number of carbonyl (C=O) groups excluding carboxylic acids is 1. The largest absolute Gasteiger partial charge is 0.391 e. The lowest BCUT2D eigenvalue weighted by molar-refractivity contribution is -0.118. The number of hydrogen-bond donors (Lipinski definition) is 2. The van der Waals surface area contributed by atoms with Gasteiger partial charge in [-0.2, -0.15) is 0 Å². The molecule has 0 heterocycles. The summed E-state index contributed by atoms with van der Waals surface area (Å²) in [4.78, 5) is 9.64. The van der Waals surface area contributed by atoms with Crippen LogP contribution < -0.4 is 5.73 Å². The van der Waals surface area contributed by atoms with E-state index in [1.165, 1.54) is 0 Å². The molecule has 0 aromatic heterocycles. The van der Waals surface area contributed by atoms with Crippen molar-refractivity contribution in [2.75, 3.05) is 5.33 Å². The zero-order valence-electron chi connectivity index (χ0n) is 4.55. The lowest BCUT2D eigenvalue weighted by Gasteiger charge is -2.09. The number of hydrogen-bond acceptors (Lipinski definition) is 2. The standard InChI is InChI=1S/C4H7Br2NO2/c5-1-2(8)3(6)4(7)9/h2-3,8H,1H2,(H2,7,9)/t2-,3-/m1/s1. The Bertz CT molecular complexity index is 109. The van der Waals surface area contributed by atoms with Crippen LogP contribution in [0.4, 0.5) is 0 Å². The van der Waals surface area contributed by atoms with E-state index in [2.05, 4.69) is 31.9 Å². The molecule has 0 aromatic carbocycles. The van der Waals surface area contributed by atoms with E-state index in [9.17, 15) is 4.79 Å². The molecule has 0 fully saturated rings. The summed E-state index contributed by atoms with van der Waals surface area (Å²) >= 11 is 5.91. The van der Waals surface area contributed by atoms with E-state index in [-0.39, 0.29) is 0 Å². The van der Waals surface area contributed by atoms with Crippen molar-refractivity contribution in [1.29, 1.82) is 0 Å². The summed E-state index contributed by atoms with van der Waals surface area (Å²) in [5.41, 5.74) is 4.85. The normalized spacial score (nSPS) is 16.8. The molecule has 0 radical (unpaired) electrons. The van der Waals surface area contributed by atoms with Crippen LogP contribution in [-0.2, 0) is 4.79 Å². The lowest BCUT2D eigenvalue weighted by atomic mass is 10.3. The number of alkyl halides is 2. The van der Waals surface area contributed by atoms with Crippen molar-refractivity contribution in [3.63, 3.8) is 0 Å². The molecule has 3 N–H and O–H groups in total. The molecule has 1 amide bonds. The SMILES string of the molecule is NC(=O)[C@H](Br)[C@H](O)CBr. The predicted octanol–water partition coefficient (Wildman–Crippen LogP) is -0.00900. The van der Waals surface area contributed by atoms with Crippen LogP contribution >= 0.6 is 31.9 Å². The van der Waals surface area contributed by atoms with Gasteiger partial charge >= 0.3 is 0 Å². The van der Waals surface area contributed by atoms with E-state index in [0.717, 1.165) is 0 Å². The number of carbonyl (C=O) groups is 1. The Hall–Kier alpha value is 0.390. The first kappa shape index (κ1) is 9.39. The molecular weight excluding hydrogens is 254 g/mol. The number of aliphatic hydroxyl groups excluding tert-OH is 1. The molecule has 2 atom stereocenters. The highest BCUT2D eigenvalue weighted by Crippen LogP contribution is 2.06. The van der Waals surface area contributed by atoms with Crippen LogP contribution in [0.5, 0.6) is 0 Å². The number of rotatable bonds is 3. The van der Waals surface area contributed by atoms with Gasteiger partial charge in [0.05, 0.1) is 6.10 Å². The van der Waals surface area contributed by atoms with E-state index < -0.39 is 16.8 Å². The monoisotopic (exact) mass is 259 g/mol. The number of aliphatic hydroxyl groups is 1. The van der Waals surface area contributed by atoms with Gasteiger partial charge in [-0.3, -0.25) is 4.79 Å². The molecule has 0 bridgehead atoms. The fraction of sp³-hybridized carbons (Fsp3) is 0.750. The minimum absolute atomic E-state index is 0.339. The van der Waals surface area contributed by atoms with Crippen molar-refractivity contribution in [3.05, 3.63) is 0 Å². The van der Waals surface area contributed by atoms with E-state index >= 15 is 0 Å². The lowest BCUT2D eigenvalue weighted by Crippen LogP contribution is -2.34. The fourth-order valence-electron chi connectivity index (χ4n) is 0.268. The molecule has 0 aromatic rings. The molecule has 0 aliphatic rings. The molecule has 0 saturated heterocycles. The molecule has 0 spiro atoms. The Morgan fingerprint density at radius 1 is 1.78 bits per heavy atom. The maximum atomic E-state index is 10.3. The van der Waals surface area contributed by atoms with Gasteiger partial charge in [0.2, 0.25) is 5.91 Å². The third-order valence-corrected chi connectivity index (χ3v) is 2.49. The summed E-state index contributed by atoms with van der Waals surface area (Å²) in [5.74, 6) is -0.554. The highest BCUT2D eigenvalue weighted by Gasteiger charge is 2.19. The van der Waals surface area contributed by atoms with E-state index in [1.807, 2.05) is 0 Å². The van der Waals surface area contributed by atoms with Crippen molar-refractivity contribution in [1.82, 2.24) is 0 Å². The van der Waals surface area contributed by atoms with Gasteiger partial charge in [-0.05, 0) is 0 Å². The topological polar surface area (TPSA) is 63.3 Å². The molecule has 3 nitrogen and oxygen atoms in total. The maximum Gasteiger partial charge on any atom is 0.233 e. The second-order valence-electron chi connectivity index (χ2n) is 1.53. The molecule has 0 saturated carbocycles. The van der Waals surface area contributed by atoms with Crippen LogP contribution in [0.15, 0.2) is 0 Å². The minimum Gasteiger partial charge on any atom is -0.391 e. The van der Waals surface area contributed by atoms with Gasteiger partial charge < -0.3 is 10.8 Å². The van der Waals surface area contributed by atoms with Crippen LogP contribution in [0.2, 0.25) is 0 Å². The fourth-order valence-corrected chi connectivity index (χ4v) is 1.33. The van der Waals surface area contributed by atoms with Crippen molar-refractivity contribution < 1.29 is 9.90 Å². The molecule has 0 unspecified atom stereocenters. The number of amides is 1. The van der Waals surface area contributed by atoms with Gasteiger partial charge in [0.25, 0.3) is 0 Å². The smallest absolute Gasteiger partial charge is 0.233 e. The zero-order chi connectivity index (χ0) is 7.44. The quantitative estimate of drug-likeness (QED) is 0.702. The second-order valence-corrected chi connectivity index (χ2v) is 3.16. The Balaban J connectivity index is 3.72. The molecule has 0 aliphatic heterocycles. The average Bonchev–Trinajstić information content (AvgIpc) is 1.84. The van der Waals surface area contributed by atoms with Gasteiger partial charge in [-0.15, -0.1) is 0 Å². The molecule has 54 valence electrons. The summed E-state index contributed by atoms with van der Waals surface area (Å²) in [6, 6.07) is 0. The summed E-state index contributed by atoms with van der Waals surface area (Å²) in [5, 5.41) is 9.24. The van der Waals surface area contributed by atoms with Crippen molar-refractivity contribution >= 4 is 37.8 Å². The second kappa shape index (κ2) is 4.24. The third-order valence-electron chi connectivity index (χ3n) is 0.768. The Morgan fingerprint density at radius 2 is 2.22 bits per heavy atom. The summed E-state index contributed by atoms with van der Waals surface area (Å²) < 4.78 is 0. The van der Waals surface area contributed by atoms with Crippen LogP contribution in [-0.4, -0.2) is 27.3 Å². The summed E-state index contributed by atoms with van der Waals surface area (Å²) in [6.07, 6.45) is -0.748. The molecule has 9 heavy (non-hydrogen) atoms. The minimum atomic E-state index is -0.748. The van der Waals surface area contributed by atoms with Crippen LogP contribution in [0, 0.1) is 0 Å². The van der Waals surface area contributed by atoms with Gasteiger partial charge in [-0.1, -0.05) is 31.9 Å². The highest BCUT2D eigenvalue weighted by molar-refractivity contribution is 9.10. The molecule has 5 heteroatoms. The van der Waals surface area contributed by atoms with Crippen LogP contribution in [0.1, 0.15) is 0 Å². The van der Waals surface area contributed by atoms with Gasteiger partial charge in [-0.25, -0.2) is 0 Å². The zero-order valence-corrected chi connectivity index (χ0v) is 7.72. The highest BCUT2D eigenvalue weighted by atomic mass is 79.9. The van der Waals surface area contributed by atoms with Crippen LogP contribution in [0.3, 0.4) is 0 Å². The van der Waals surface area contributed by atoms with Crippen LogP contribution in [0.25, 0.3) is 0 Å². The first-order valence-corrected chi connectivity index (χ1v) is 4.30. The Labute approximate surface area is 69.9 Å². The Morgan fingerprint density at radius 3 is 2.33 bits per heavy atom.